The fourth-order valence-corrected chi connectivity index (χ4v) is 9.60. The van der Waals surface area contributed by atoms with Crippen LogP contribution in [0.2, 0.25) is 0 Å². The predicted octanol–water partition coefficient (Wildman–Crippen LogP) is 13.0. The van der Waals surface area contributed by atoms with Gasteiger partial charge in [-0.25, -0.2) is 9.97 Å². The van der Waals surface area contributed by atoms with Crippen LogP contribution < -0.4 is 0 Å². The summed E-state index contributed by atoms with van der Waals surface area (Å²) < 4.78 is 4.88. The lowest BCUT2D eigenvalue weighted by Gasteiger charge is -2.14. The largest absolute Gasteiger partial charge is 0.308 e. The zero-order valence-corrected chi connectivity index (χ0v) is 29.0. The molecule has 0 spiro atoms. The minimum atomic E-state index is 0.665. The molecule has 4 nitrogen and oxygen atoms in total. The van der Waals surface area contributed by atoms with Gasteiger partial charge in [0.1, 0.15) is 0 Å². The van der Waals surface area contributed by atoms with E-state index in [1.807, 2.05) is 0 Å². The first kappa shape index (κ1) is 28.3. The SMILES string of the molecule is c1ccc(-c2nc(-n3c4cccc5c6cc7ccccc7c7c8ccccc8n(c8cc9ccccc9c3c8c54)c67)nc3ccc4ccccc4c23)cc1. The first-order valence-corrected chi connectivity index (χ1v) is 18.5. The van der Waals surface area contributed by atoms with E-state index >= 15 is 0 Å². The maximum absolute atomic E-state index is 5.58. The molecular formula is C50H28N4. The number of aromatic nitrogens is 4. The van der Waals surface area contributed by atoms with Gasteiger partial charge in [0.05, 0.1) is 38.8 Å². The minimum absolute atomic E-state index is 0.665. The summed E-state index contributed by atoms with van der Waals surface area (Å²) in [5.74, 6) is 0.665. The molecule has 9 aromatic carbocycles. The summed E-state index contributed by atoms with van der Waals surface area (Å²) in [6, 6.07) is 61.6. The Morgan fingerprint density at radius 2 is 1.00 bits per heavy atom. The Labute approximate surface area is 308 Å². The van der Waals surface area contributed by atoms with Gasteiger partial charge in [-0.15, -0.1) is 0 Å². The number of hydrogen-bond acceptors (Lipinski definition) is 2. The predicted molar refractivity (Wildman–Crippen MR) is 226 cm³/mol. The van der Waals surface area contributed by atoms with E-state index in [0.717, 1.165) is 38.6 Å². The van der Waals surface area contributed by atoms with Gasteiger partial charge in [-0.2, -0.15) is 0 Å². The van der Waals surface area contributed by atoms with E-state index in [1.165, 1.54) is 75.8 Å². The highest BCUT2D eigenvalue weighted by atomic mass is 15.2. The van der Waals surface area contributed by atoms with Crippen molar-refractivity contribution >= 4 is 103 Å². The van der Waals surface area contributed by atoms with E-state index in [-0.39, 0.29) is 0 Å². The van der Waals surface area contributed by atoms with Crippen molar-refractivity contribution in [3.8, 4) is 17.2 Å². The Morgan fingerprint density at radius 3 is 1.83 bits per heavy atom. The number of benzene rings is 9. The second-order valence-corrected chi connectivity index (χ2v) is 14.5. The lowest BCUT2D eigenvalue weighted by molar-refractivity contribution is 1.02. The van der Waals surface area contributed by atoms with Gasteiger partial charge in [-0.05, 0) is 62.6 Å². The number of rotatable bonds is 2. The van der Waals surface area contributed by atoms with Crippen LogP contribution in [0.4, 0.5) is 0 Å². The first-order chi connectivity index (χ1) is 26.8. The number of fused-ring (bicyclic) bond motifs is 12. The molecule has 0 bridgehead atoms. The molecule has 0 aliphatic carbocycles. The van der Waals surface area contributed by atoms with Gasteiger partial charge in [0.15, 0.2) is 0 Å². The van der Waals surface area contributed by atoms with Crippen LogP contribution >= 0.6 is 0 Å². The molecule has 0 fully saturated rings. The molecule has 0 unspecified atom stereocenters. The standard InChI is InChI=1S/C50H28N4/c1-2-14-30(15-3-1)47-44-33-18-7-4-13-29(33)25-26-39(44)51-50(52-47)54-41-24-12-22-36-38-27-31-16-5-8-19-34(31)43-37-21-10-11-23-40(37)53(49(38)43)42-28-32-17-6-9-20-35(32)48(54)46(42)45(36)41/h1-28H. The van der Waals surface area contributed by atoms with Crippen LogP contribution in [0, 0.1) is 0 Å². The Morgan fingerprint density at radius 1 is 0.352 bits per heavy atom. The molecule has 0 radical (unpaired) electrons. The van der Waals surface area contributed by atoms with Gasteiger partial charge in [0.25, 0.3) is 0 Å². The van der Waals surface area contributed by atoms with Gasteiger partial charge >= 0.3 is 0 Å². The fourth-order valence-electron chi connectivity index (χ4n) is 9.60. The molecule has 248 valence electrons. The van der Waals surface area contributed by atoms with Crippen molar-refractivity contribution in [3.05, 3.63) is 170 Å². The zero-order chi connectivity index (χ0) is 35.1. The molecule has 0 aliphatic heterocycles. The van der Waals surface area contributed by atoms with E-state index in [2.05, 4.69) is 179 Å². The average molecular weight is 685 g/mol. The molecule has 0 aliphatic rings. The molecule has 0 saturated carbocycles. The van der Waals surface area contributed by atoms with Crippen LogP contribution in [-0.2, 0) is 0 Å². The van der Waals surface area contributed by atoms with Gasteiger partial charge < -0.3 is 4.40 Å². The topological polar surface area (TPSA) is 35.1 Å². The molecule has 0 amide bonds. The summed E-state index contributed by atoms with van der Waals surface area (Å²) in [7, 11) is 0. The van der Waals surface area contributed by atoms with Gasteiger partial charge in [-0.3, -0.25) is 4.57 Å². The first-order valence-electron chi connectivity index (χ1n) is 18.5. The Bertz CT molecular complexity index is 3720. The highest BCUT2D eigenvalue weighted by molar-refractivity contribution is 6.37. The second-order valence-electron chi connectivity index (χ2n) is 14.5. The third-order valence-electron chi connectivity index (χ3n) is 11.8. The number of para-hydroxylation sites is 1. The second kappa shape index (κ2) is 10.2. The van der Waals surface area contributed by atoms with E-state index in [0.29, 0.717) is 5.95 Å². The van der Waals surface area contributed by atoms with E-state index in [1.54, 1.807) is 0 Å². The zero-order valence-electron chi connectivity index (χ0n) is 29.0. The van der Waals surface area contributed by atoms with Crippen molar-refractivity contribution in [2.75, 3.05) is 0 Å². The van der Waals surface area contributed by atoms with Crippen LogP contribution in [0.3, 0.4) is 0 Å². The summed E-state index contributed by atoms with van der Waals surface area (Å²) >= 11 is 0. The summed E-state index contributed by atoms with van der Waals surface area (Å²) in [6.07, 6.45) is 0. The number of hydrogen-bond donors (Lipinski definition) is 0. The molecular weight excluding hydrogens is 657 g/mol. The smallest absolute Gasteiger partial charge is 0.235 e. The van der Waals surface area contributed by atoms with E-state index in [4.69, 9.17) is 9.97 Å². The maximum atomic E-state index is 5.58. The Balaban J connectivity index is 1.31. The van der Waals surface area contributed by atoms with Crippen molar-refractivity contribution in [1.82, 2.24) is 18.9 Å². The van der Waals surface area contributed by atoms with Crippen LogP contribution in [0.25, 0.3) is 120 Å². The Hall–Kier alpha value is -7.30. The van der Waals surface area contributed by atoms with Gasteiger partial charge in [-0.1, -0.05) is 140 Å². The molecule has 13 aromatic rings. The van der Waals surface area contributed by atoms with Gasteiger partial charge in [0.2, 0.25) is 5.95 Å². The molecule has 13 rings (SSSR count). The quantitative estimate of drug-likeness (QED) is 0.170. The summed E-state index contributed by atoms with van der Waals surface area (Å²) in [5, 5.41) is 15.7. The summed E-state index contributed by atoms with van der Waals surface area (Å²) in [4.78, 5) is 11.1. The highest BCUT2D eigenvalue weighted by Gasteiger charge is 2.26. The molecule has 0 N–H and O–H groups in total. The Kier molecular flexibility index (Phi) is 5.34. The molecule has 4 heterocycles. The van der Waals surface area contributed by atoms with Crippen molar-refractivity contribution in [2.24, 2.45) is 0 Å². The van der Waals surface area contributed by atoms with Crippen molar-refractivity contribution in [2.45, 2.75) is 0 Å². The third-order valence-corrected chi connectivity index (χ3v) is 11.8. The summed E-state index contributed by atoms with van der Waals surface area (Å²) in [5.41, 5.74) is 8.76. The van der Waals surface area contributed by atoms with Crippen LogP contribution in [0.5, 0.6) is 0 Å². The van der Waals surface area contributed by atoms with Gasteiger partial charge in [0, 0.05) is 43.3 Å². The highest BCUT2D eigenvalue weighted by Crippen LogP contribution is 2.48. The monoisotopic (exact) mass is 684 g/mol. The van der Waals surface area contributed by atoms with Crippen LogP contribution in [0.1, 0.15) is 0 Å². The number of nitrogens with zero attached hydrogens (tertiary/aromatic N) is 4. The van der Waals surface area contributed by atoms with E-state index in [9.17, 15) is 0 Å². The molecule has 54 heavy (non-hydrogen) atoms. The third kappa shape index (κ3) is 3.52. The lowest BCUT2D eigenvalue weighted by atomic mass is 9.98. The molecule has 0 atom stereocenters. The molecule has 0 saturated heterocycles. The summed E-state index contributed by atoms with van der Waals surface area (Å²) in [6.45, 7) is 0. The minimum Gasteiger partial charge on any atom is -0.308 e. The van der Waals surface area contributed by atoms with Crippen molar-refractivity contribution in [3.63, 3.8) is 0 Å². The van der Waals surface area contributed by atoms with Crippen LogP contribution in [0.15, 0.2) is 170 Å². The molecule has 4 aromatic heterocycles. The van der Waals surface area contributed by atoms with E-state index < -0.39 is 0 Å². The van der Waals surface area contributed by atoms with Crippen molar-refractivity contribution in [1.29, 1.82) is 0 Å². The normalized spacial score (nSPS) is 12.4. The average Bonchev–Trinajstić information content (AvgIpc) is 3.74. The molecule has 4 heteroatoms. The van der Waals surface area contributed by atoms with Crippen molar-refractivity contribution < 1.29 is 0 Å². The fraction of sp³-hybridized carbons (Fsp3) is 0. The van der Waals surface area contributed by atoms with Crippen LogP contribution in [-0.4, -0.2) is 18.9 Å². The maximum Gasteiger partial charge on any atom is 0.235 e. The lowest BCUT2D eigenvalue weighted by Crippen LogP contribution is -2.04.